The molecule has 0 spiro atoms. The monoisotopic (exact) mass is 682 g/mol. The first-order valence-corrected chi connectivity index (χ1v) is 16.8. The number of cyclic esters (lactones) is 2. The van der Waals surface area contributed by atoms with Gasteiger partial charge in [0.2, 0.25) is 10.0 Å². The maximum atomic E-state index is 13.7. The van der Waals surface area contributed by atoms with Gasteiger partial charge in [-0.25, -0.2) is 18.4 Å². The molecule has 248 valence electrons. The molecule has 0 radical (unpaired) electrons. The molecular weight excluding hydrogens is 649 g/mol. The number of carbonyl (C=O) groups is 1. The number of hydrogen-bond acceptors (Lipinski definition) is 11. The SMILES string of the molecule is NS(=O)(=O)c1ccc(NCC#Cc2sc3c(NC4CCN(CC5COC(=O)O5)CC4)cccc3c2CC(F)(F)F)c(OCCO)c1. The third kappa shape index (κ3) is 8.74. The number of anilines is 2. The number of hydrogen-bond donors (Lipinski definition) is 4. The van der Waals surface area contributed by atoms with E-state index in [2.05, 4.69) is 27.4 Å². The number of fused-ring (bicyclic) bond motifs is 1. The van der Waals surface area contributed by atoms with E-state index in [-0.39, 0.29) is 54.7 Å². The quantitative estimate of drug-likeness (QED) is 0.173. The minimum absolute atomic E-state index is 0.0137. The van der Waals surface area contributed by atoms with E-state index in [0.29, 0.717) is 27.2 Å². The number of ether oxygens (including phenoxy) is 3. The smallest absolute Gasteiger partial charge is 0.489 e. The van der Waals surface area contributed by atoms with Crippen LogP contribution in [0.2, 0.25) is 0 Å². The Labute approximate surface area is 267 Å². The van der Waals surface area contributed by atoms with Crippen molar-refractivity contribution in [3.63, 3.8) is 0 Å². The zero-order valence-electron chi connectivity index (χ0n) is 24.6. The molecule has 2 aliphatic heterocycles. The molecule has 3 aromatic rings. The highest BCUT2D eigenvalue weighted by Gasteiger charge is 2.32. The third-order valence-corrected chi connectivity index (χ3v) is 9.56. The lowest BCUT2D eigenvalue weighted by Gasteiger charge is -2.33. The fourth-order valence-electron chi connectivity index (χ4n) is 5.35. The average molecular weight is 683 g/mol. The van der Waals surface area contributed by atoms with E-state index in [4.69, 9.17) is 24.5 Å². The van der Waals surface area contributed by atoms with E-state index in [1.807, 2.05) is 6.07 Å². The van der Waals surface area contributed by atoms with Gasteiger partial charge in [-0.3, -0.25) is 4.90 Å². The van der Waals surface area contributed by atoms with Crippen molar-refractivity contribution in [1.82, 2.24) is 4.90 Å². The Kier molecular flexibility index (Phi) is 10.5. The van der Waals surface area contributed by atoms with Crippen molar-refractivity contribution in [3.05, 3.63) is 46.8 Å². The molecule has 16 heteroatoms. The van der Waals surface area contributed by atoms with E-state index in [1.165, 1.54) is 29.5 Å². The summed E-state index contributed by atoms with van der Waals surface area (Å²) in [5.41, 5.74) is 1.22. The number of primary sulfonamides is 1. The van der Waals surface area contributed by atoms with Crippen LogP contribution in [0.15, 0.2) is 41.3 Å². The van der Waals surface area contributed by atoms with Gasteiger partial charge >= 0.3 is 12.3 Å². The van der Waals surface area contributed by atoms with E-state index in [1.54, 1.807) is 12.1 Å². The van der Waals surface area contributed by atoms with Crippen LogP contribution in [-0.2, 0) is 25.9 Å². The molecule has 0 aliphatic carbocycles. The van der Waals surface area contributed by atoms with Crippen LogP contribution in [0.1, 0.15) is 23.3 Å². The number of rotatable bonds is 11. The average Bonchev–Trinajstić information content (AvgIpc) is 3.57. The normalized spacial score (nSPS) is 17.7. The maximum Gasteiger partial charge on any atom is 0.508 e. The van der Waals surface area contributed by atoms with Gasteiger partial charge in [0.05, 0.1) is 45.4 Å². The summed E-state index contributed by atoms with van der Waals surface area (Å²) in [5, 5.41) is 21.3. The molecule has 46 heavy (non-hydrogen) atoms. The molecule has 1 atom stereocenters. The second-order valence-corrected chi connectivity index (χ2v) is 13.4. The van der Waals surface area contributed by atoms with Gasteiger partial charge in [-0.15, -0.1) is 11.3 Å². The second-order valence-electron chi connectivity index (χ2n) is 10.8. The number of nitrogens with two attached hydrogens (primary N) is 1. The van der Waals surface area contributed by atoms with Crippen LogP contribution in [0.5, 0.6) is 5.75 Å². The topological polar surface area (TPSA) is 152 Å². The molecule has 11 nitrogen and oxygen atoms in total. The summed E-state index contributed by atoms with van der Waals surface area (Å²) in [5.74, 6) is 5.89. The Hall–Kier alpha value is -3.75. The van der Waals surface area contributed by atoms with Crippen molar-refractivity contribution in [2.45, 2.75) is 42.5 Å². The highest BCUT2D eigenvalue weighted by molar-refractivity contribution is 7.89. The van der Waals surface area contributed by atoms with Gasteiger partial charge in [0, 0.05) is 31.7 Å². The molecule has 0 bridgehead atoms. The number of halogens is 3. The fourth-order valence-corrected chi connectivity index (χ4v) is 7.05. The first kappa shape index (κ1) is 33.6. The van der Waals surface area contributed by atoms with Gasteiger partial charge in [-0.05, 0) is 42.0 Å². The third-order valence-electron chi connectivity index (χ3n) is 7.45. The Morgan fingerprint density at radius 3 is 2.63 bits per heavy atom. The summed E-state index contributed by atoms with van der Waals surface area (Å²) < 4.78 is 80.6. The number of carbonyl (C=O) groups excluding carboxylic acids is 1. The Balaban J connectivity index is 1.31. The largest absolute Gasteiger partial charge is 0.508 e. The van der Waals surface area contributed by atoms with Crippen LogP contribution in [0.25, 0.3) is 10.1 Å². The van der Waals surface area contributed by atoms with Gasteiger partial charge in [0.15, 0.2) is 6.10 Å². The van der Waals surface area contributed by atoms with Crippen molar-refractivity contribution in [3.8, 4) is 17.6 Å². The van der Waals surface area contributed by atoms with E-state index in [9.17, 15) is 26.4 Å². The van der Waals surface area contributed by atoms with Crippen molar-refractivity contribution in [2.24, 2.45) is 5.14 Å². The zero-order valence-corrected chi connectivity index (χ0v) is 26.2. The summed E-state index contributed by atoms with van der Waals surface area (Å²) in [7, 11) is -4.00. The standard InChI is InChI=1S/C30H33F3N4O7S2/c31-30(32,33)16-23-22-3-1-4-25(36-19-8-11-37(12-9-19)17-20-18-43-29(39)44-20)28(22)45-27(23)5-2-10-35-24-7-6-21(46(34,40)41)15-26(24)42-14-13-38/h1,3-4,6-7,15,19-20,35-36,38H,8-14,16-18H2,(H2,34,40,41). The molecule has 0 saturated carbocycles. The van der Waals surface area contributed by atoms with Crippen molar-refractivity contribution in [1.29, 1.82) is 0 Å². The summed E-state index contributed by atoms with van der Waals surface area (Å²) in [6.45, 7) is 1.98. The lowest BCUT2D eigenvalue weighted by atomic mass is 10.0. The number of likely N-dealkylation sites (tertiary alicyclic amines) is 1. The van der Waals surface area contributed by atoms with E-state index < -0.39 is 28.8 Å². The number of piperidine rings is 1. The van der Waals surface area contributed by atoms with Gasteiger partial charge < -0.3 is 30.0 Å². The van der Waals surface area contributed by atoms with Crippen LogP contribution in [0.4, 0.5) is 29.3 Å². The number of nitrogens with one attached hydrogen (secondary N) is 2. The molecule has 1 aromatic heterocycles. The lowest BCUT2D eigenvalue weighted by Crippen LogP contribution is -2.43. The van der Waals surface area contributed by atoms with Crippen LogP contribution < -0.4 is 20.5 Å². The number of benzene rings is 2. The minimum Gasteiger partial charge on any atom is -0.489 e. The number of thiophene rings is 1. The Morgan fingerprint density at radius 2 is 1.96 bits per heavy atom. The highest BCUT2D eigenvalue weighted by Crippen LogP contribution is 2.39. The van der Waals surface area contributed by atoms with Crippen LogP contribution in [-0.4, -0.2) is 88.9 Å². The predicted molar refractivity (Wildman–Crippen MR) is 167 cm³/mol. The number of alkyl halides is 3. The number of aliphatic hydroxyl groups is 1. The van der Waals surface area contributed by atoms with Gasteiger partial charge in [-0.2, -0.15) is 13.2 Å². The molecule has 5 N–H and O–H groups in total. The van der Waals surface area contributed by atoms with Crippen LogP contribution in [0.3, 0.4) is 0 Å². The molecule has 0 amide bonds. The predicted octanol–water partition coefficient (Wildman–Crippen LogP) is 3.90. The Morgan fingerprint density at radius 1 is 1.17 bits per heavy atom. The zero-order chi connectivity index (χ0) is 32.9. The second kappa shape index (κ2) is 14.3. The van der Waals surface area contributed by atoms with Crippen molar-refractivity contribution in [2.75, 3.05) is 56.6 Å². The lowest BCUT2D eigenvalue weighted by molar-refractivity contribution is -0.126. The summed E-state index contributed by atoms with van der Waals surface area (Å²) in [6, 6.07) is 9.31. The first-order valence-electron chi connectivity index (χ1n) is 14.5. The van der Waals surface area contributed by atoms with Gasteiger partial charge in [0.1, 0.15) is 19.0 Å². The van der Waals surface area contributed by atoms with Gasteiger partial charge in [0.25, 0.3) is 0 Å². The Bertz CT molecular complexity index is 1730. The fraction of sp³-hybridized carbons (Fsp3) is 0.433. The number of sulfonamides is 1. The number of nitrogens with zero attached hydrogens (tertiary/aromatic N) is 1. The molecule has 1 unspecified atom stereocenters. The summed E-state index contributed by atoms with van der Waals surface area (Å²) >= 11 is 1.20. The van der Waals surface area contributed by atoms with Gasteiger partial charge in [-0.1, -0.05) is 24.0 Å². The molecular formula is C30H33F3N4O7S2. The van der Waals surface area contributed by atoms with Crippen LogP contribution in [0, 0.1) is 11.8 Å². The maximum absolute atomic E-state index is 13.7. The minimum atomic E-state index is -4.44. The van der Waals surface area contributed by atoms with Crippen molar-refractivity contribution < 1.29 is 45.7 Å². The number of aliphatic hydroxyl groups excluding tert-OH is 1. The molecule has 2 fully saturated rings. The summed E-state index contributed by atoms with van der Waals surface area (Å²) in [4.78, 5) is 13.5. The first-order chi connectivity index (χ1) is 21.9. The van der Waals surface area contributed by atoms with E-state index in [0.717, 1.165) is 31.6 Å². The molecule has 2 aromatic carbocycles. The van der Waals surface area contributed by atoms with E-state index >= 15 is 0 Å². The van der Waals surface area contributed by atoms with Crippen molar-refractivity contribution >= 4 is 49.0 Å². The van der Waals surface area contributed by atoms with Crippen LogP contribution >= 0.6 is 11.3 Å². The molecule has 3 heterocycles. The summed E-state index contributed by atoms with van der Waals surface area (Å²) in [6.07, 6.45) is -4.89. The molecule has 2 saturated heterocycles. The highest BCUT2D eigenvalue weighted by atomic mass is 32.2. The molecule has 2 aliphatic rings. The molecule has 5 rings (SSSR count).